The molecule has 1 unspecified atom stereocenters. The van der Waals surface area contributed by atoms with Crippen LogP contribution in [0.4, 0.5) is 4.39 Å². The van der Waals surface area contributed by atoms with Crippen LogP contribution in [0, 0.1) is 12.7 Å². The summed E-state index contributed by atoms with van der Waals surface area (Å²) in [6, 6.07) is 15.0. The Morgan fingerprint density at radius 3 is 2.50 bits per heavy atom. The Labute approximate surface area is 107 Å². The molecule has 94 valence electrons. The van der Waals surface area contributed by atoms with Crippen LogP contribution in [0.3, 0.4) is 0 Å². The number of rotatable bonds is 4. The Morgan fingerprint density at radius 1 is 1.06 bits per heavy atom. The van der Waals surface area contributed by atoms with Crippen LogP contribution in [0.25, 0.3) is 0 Å². The molecular formula is C16H18FN. The summed E-state index contributed by atoms with van der Waals surface area (Å²) in [7, 11) is 0. The summed E-state index contributed by atoms with van der Waals surface area (Å²) < 4.78 is 13.2. The van der Waals surface area contributed by atoms with Gasteiger partial charge in [0, 0.05) is 6.04 Å². The molecule has 18 heavy (non-hydrogen) atoms. The minimum atomic E-state index is -0.192. The predicted octanol–water partition coefficient (Wildman–Crippen LogP) is 3.25. The highest BCUT2D eigenvalue weighted by atomic mass is 19.1. The third kappa shape index (κ3) is 3.41. The molecule has 0 saturated carbocycles. The molecule has 0 aromatic heterocycles. The number of nitrogens with two attached hydrogens (primary N) is 1. The highest BCUT2D eigenvalue weighted by Gasteiger charge is 2.08. The lowest BCUT2D eigenvalue weighted by Crippen LogP contribution is -2.25. The SMILES string of the molecule is Cc1ccc(F)cc1CC(N)Cc1ccccc1. The summed E-state index contributed by atoms with van der Waals surface area (Å²) in [6.07, 6.45) is 1.52. The molecule has 2 N–H and O–H groups in total. The molecule has 0 aliphatic carbocycles. The molecule has 1 nitrogen and oxygen atoms in total. The first-order valence-electron chi connectivity index (χ1n) is 6.19. The average Bonchev–Trinajstić information content (AvgIpc) is 2.35. The third-order valence-electron chi connectivity index (χ3n) is 3.13. The predicted molar refractivity (Wildman–Crippen MR) is 73.0 cm³/mol. The first kappa shape index (κ1) is 12.8. The van der Waals surface area contributed by atoms with Gasteiger partial charge in [0.25, 0.3) is 0 Å². The summed E-state index contributed by atoms with van der Waals surface area (Å²) >= 11 is 0. The summed E-state index contributed by atoms with van der Waals surface area (Å²) in [6.45, 7) is 1.99. The van der Waals surface area contributed by atoms with Crippen molar-refractivity contribution in [3.63, 3.8) is 0 Å². The maximum absolute atomic E-state index is 13.2. The van der Waals surface area contributed by atoms with Gasteiger partial charge < -0.3 is 5.73 Å². The van der Waals surface area contributed by atoms with Gasteiger partial charge in [-0.05, 0) is 48.6 Å². The zero-order chi connectivity index (χ0) is 13.0. The van der Waals surface area contributed by atoms with E-state index in [1.54, 1.807) is 12.1 Å². The maximum Gasteiger partial charge on any atom is 0.123 e. The fraction of sp³-hybridized carbons (Fsp3) is 0.250. The lowest BCUT2D eigenvalue weighted by Gasteiger charge is -2.13. The van der Waals surface area contributed by atoms with E-state index in [1.165, 1.54) is 11.6 Å². The van der Waals surface area contributed by atoms with Gasteiger partial charge in [-0.15, -0.1) is 0 Å². The zero-order valence-corrected chi connectivity index (χ0v) is 10.6. The largest absolute Gasteiger partial charge is 0.327 e. The monoisotopic (exact) mass is 243 g/mol. The number of benzene rings is 2. The fourth-order valence-corrected chi connectivity index (χ4v) is 2.13. The topological polar surface area (TPSA) is 26.0 Å². The Hall–Kier alpha value is -1.67. The van der Waals surface area contributed by atoms with E-state index in [1.807, 2.05) is 25.1 Å². The number of halogens is 1. The minimum absolute atomic E-state index is 0.0212. The standard InChI is InChI=1S/C16H18FN/c1-12-7-8-15(17)10-14(12)11-16(18)9-13-5-3-2-4-6-13/h2-8,10,16H,9,11,18H2,1H3. The highest BCUT2D eigenvalue weighted by Crippen LogP contribution is 2.13. The molecule has 0 amide bonds. The Morgan fingerprint density at radius 2 is 1.78 bits per heavy atom. The highest BCUT2D eigenvalue weighted by molar-refractivity contribution is 5.28. The van der Waals surface area contributed by atoms with E-state index in [0.717, 1.165) is 17.5 Å². The van der Waals surface area contributed by atoms with E-state index < -0.39 is 0 Å². The van der Waals surface area contributed by atoms with Crippen LogP contribution < -0.4 is 5.73 Å². The first-order chi connectivity index (χ1) is 8.65. The van der Waals surface area contributed by atoms with Gasteiger partial charge in [0.1, 0.15) is 5.82 Å². The molecule has 0 spiro atoms. The minimum Gasteiger partial charge on any atom is -0.327 e. The zero-order valence-electron chi connectivity index (χ0n) is 10.6. The average molecular weight is 243 g/mol. The lowest BCUT2D eigenvalue weighted by molar-refractivity contribution is 0.616. The smallest absolute Gasteiger partial charge is 0.123 e. The molecule has 0 aliphatic rings. The second kappa shape index (κ2) is 5.78. The first-order valence-corrected chi connectivity index (χ1v) is 6.19. The molecule has 0 heterocycles. The van der Waals surface area contributed by atoms with Gasteiger partial charge in [0.15, 0.2) is 0 Å². The van der Waals surface area contributed by atoms with Crippen molar-refractivity contribution in [2.45, 2.75) is 25.8 Å². The molecule has 0 saturated heterocycles. The normalized spacial score (nSPS) is 12.4. The molecule has 2 rings (SSSR count). The summed E-state index contributed by atoms with van der Waals surface area (Å²) in [5, 5.41) is 0. The number of hydrogen-bond donors (Lipinski definition) is 1. The molecule has 0 bridgehead atoms. The van der Waals surface area contributed by atoms with Gasteiger partial charge in [-0.25, -0.2) is 4.39 Å². The molecule has 2 aromatic rings. The summed E-state index contributed by atoms with van der Waals surface area (Å²) in [5.74, 6) is -0.192. The van der Waals surface area contributed by atoms with Crippen LogP contribution >= 0.6 is 0 Å². The van der Waals surface area contributed by atoms with Gasteiger partial charge >= 0.3 is 0 Å². The summed E-state index contributed by atoms with van der Waals surface area (Å²) in [4.78, 5) is 0. The van der Waals surface area contributed by atoms with Gasteiger partial charge in [-0.1, -0.05) is 36.4 Å². The van der Waals surface area contributed by atoms with Gasteiger partial charge in [-0.3, -0.25) is 0 Å². The molecular weight excluding hydrogens is 225 g/mol. The van der Waals surface area contributed by atoms with Crippen LogP contribution in [0.15, 0.2) is 48.5 Å². The van der Waals surface area contributed by atoms with E-state index in [4.69, 9.17) is 5.73 Å². The summed E-state index contributed by atoms with van der Waals surface area (Å²) in [5.41, 5.74) is 9.45. The van der Waals surface area contributed by atoms with Gasteiger partial charge in [0.2, 0.25) is 0 Å². The van der Waals surface area contributed by atoms with Crippen molar-refractivity contribution in [1.29, 1.82) is 0 Å². The molecule has 0 radical (unpaired) electrons. The maximum atomic E-state index is 13.2. The number of hydrogen-bond acceptors (Lipinski definition) is 1. The Kier molecular flexibility index (Phi) is 4.11. The second-order valence-corrected chi connectivity index (χ2v) is 4.72. The Bertz CT molecular complexity index is 508. The van der Waals surface area contributed by atoms with Crippen LogP contribution in [-0.2, 0) is 12.8 Å². The third-order valence-corrected chi connectivity index (χ3v) is 3.13. The quantitative estimate of drug-likeness (QED) is 0.876. The van der Waals surface area contributed by atoms with E-state index in [0.29, 0.717) is 6.42 Å². The van der Waals surface area contributed by atoms with Gasteiger partial charge in [0.05, 0.1) is 0 Å². The van der Waals surface area contributed by atoms with Crippen molar-refractivity contribution in [2.75, 3.05) is 0 Å². The van der Waals surface area contributed by atoms with Crippen molar-refractivity contribution in [1.82, 2.24) is 0 Å². The van der Waals surface area contributed by atoms with E-state index in [9.17, 15) is 4.39 Å². The molecule has 2 heteroatoms. The van der Waals surface area contributed by atoms with Gasteiger partial charge in [-0.2, -0.15) is 0 Å². The van der Waals surface area contributed by atoms with Crippen molar-refractivity contribution in [2.24, 2.45) is 5.73 Å². The fourth-order valence-electron chi connectivity index (χ4n) is 2.13. The van der Waals surface area contributed by atoms with Crippen LogP contribution in [-0.4, -0.2) is 6.04 Å². The van der Waals surface area contributed by atoms with Crippen molar-refractivity contribution in [3.8, 4) is 0 Å². The Balaban J connectivity index is 2.03. The molecule has 0 fully saturated rings. The lowest BCUT2D eigenvalue weighted by atomic mass is 9.97. The molecule has 0 aliphatic heterocycles. The van der Waals surface area contributed by atoms with Crippen LogP contribution in [0.1, 0.15) is 16.7 Å². The molecule has 2 aromatic carbocycles. The van der Waals surface area contributed by atoms with E-state index in [-0.39, 0.29) is 11.9 Å². The van der Waals surface area contributed by atoms with Crippen LogP contribution in [0.5, 0.6) is 0 Å². The van der Waals surface area contributed by atoms with Crippen molar-refractivity contribution < 1.29 is 4.39 Å². The van der Waals surface area contributed by atoms with Crippen molar-refractivity contribution >= 4 is 0 Å². The second-order valence-electron chi connectivity index (χ2n) is 4.72. The number of aryl methyl sites for hydroxylation is 1. The van der Waals surface area contributed by atoms with E-state index >= 15 is 0 Å². The molecule has 1 atom stereocenters. The van der Waals surface area contributed by atoms with Crippen molar-refractivity contribution in [3.05, 3.63) is 71.0 Å². The van der Waals surface area contributed by atoms with E-state index in [2.05, 4.69) is 12.1 Å². The van der Waals surface area contributed by atoms with Crippen LogP contribution in [0.2, 0.25) is 0 Å².